The van der Waals surface area contributed by atoms with E-state index in [4.69, 9.17) is 5.11 Å². The smallest absolute Gasteiger partial charge is 0.102 e. The van der Waals surface area contributed by atoms with Gasteiger partial charge < -0.3 is 9.67 Å². The van der Waals surface area contributed by atoms with Gasteiger partial charge in [-0.2, -0.15) is 0 Å². The van der Waals surface area contributed by atoms with Crippen molar-refractivity contribution < 1.29 is 5.11 Å². The third kappa shape index (κ3) is 3.15. The van der Waals surface area contributed by atoms with Crippen LogP contribution in [0.15, 0.2) is 18.7 Å². The van der Waals surface area contributed by atoms with Gasteiger partial charge in [0.25, 0.3) is 0 Å². The molecule has 0 aliphatic rings. The monoisotopic (exact) mass is 155 g/mol. The Morgan fingerprint density at radius 1 is 1.73 bits per heavy atom. The van der Waals surface area contributed by atoms with Crippen LogP contribution in [0.25, 0.3) is 0 Å². The molecule has 0 aliphatic heterocycles. The third-order valence-corrected chi connectivity index (χ3v) is 1.37. The minimum Gasteiger partial charge on any atom is -0.379 e. The largest absolute Gasteiger partial charge is 0.379 e. The topological polar surface area (TPSA) is 50.1 Å². The van der Waals surface area contributed by atoms with Crippen molar-refractivity contribution in [3.8, 4) is 0 Å². The lowest BCUT2D eigenvalue weighted by molar-refractivity contribution is 0.155. The number of aliphatic hydroxyl groups excluding tert-OH is 1. The van der Waals surface area contributed by atoms with E-state index in [2.05, 4.69) is 10.3 Å². The molecular formula is C7H13N3O. The summed E-state index contributed by atoms with van der Waals surface area (Å²) >= 11 is 0. The van der Waals surface area contributed by atoms with Gasteiger partial charge >= 0.3 is 0 Å². The quantitative estimate of drug-likeness (QED) is 0.592. The molecule has 1 heterocycles. The standard InChI is InChI=1S/C7H13N3O/c1-7(11)9-3-5-10-4-2-8-6-10/h2,4,6-7,9,11H,3,5H2,1H3. The second kappa shape index (κ2) is 4.10. The summed E-state index contributed by atoms with van der Waals surface area (Å²) in [4.78, 5) is 3.89. The van der Waals surface area contributed by atoms with E-state index in [1.165, 1.54) is 0 Å². The molecule has 0 bridgehead atoms. The van der Waals surface area contributed by atoms with E-state index in [1.54, 1.807) is 19.4 Å². The van der Waals surface area contributed by atoms with Crippen LogP contribution < -0.4 is 5.32 Å². The van der Waals surface area contributed by atoms with E-state index >= 15 is 0 Å². The van der Waals surface area contributed by atoms with Gasteiger partial charge in [-0.15, -0.1) is 0 Å². The molecule has 1 aromatic rings. The second-order valence-corrected chi connectivity index (χ2v) is 2.43. The first kappa shape index (κ1) is 8.23. The molecule has 0 saturated carbocycles. The molecule has 0 amide bonds. The SMILES string of the molecule is CC(O)NCCn1ccnc1. The number of rotatable bonds is 4. The molecule has 1 atom stereocenters. The molecule has 0 aromatic carbocycles. The Morgan fingerprint density at radius 2 is 2.55 bits per heavy atom. The van der Waals surface area contributed by atoms with E-state index < -0.39 is 6.23 Å². The molecule has 4 nitrogen and oxygen atoms in total. The van der Waals surface area contributed by atoms with Crippen LogP contribution >= 0.6 is 0 Å². The number of nitrogens with one attached hydrogen (secondary N) is 1. The van der Waals surface area contributed by atoms with Gasteiger partial charge in [0.2, 0.25) is 0 Å². The summed E-state index contributed by atoms with van der Waals surface area (Å²) in [5, 5.41) is 11.7. The average Bonchev–Trinajstić information content (AvgIpc) is 2.39. The lowest BCUT2D eigenvalue weighted by Gasteiger charge is -2.06. The highest BCUT2D eigenvalue weighted by molar-refractivity contribution is 4.74. The van der Waals surface area contributed by atoms with Crippen LogP contribution in [0.5, 0.6) is 0 Å². The van der Waals surface area contributed by atoms with Crippen molar-refractivity contribution in [2.24, 2.45) is 0 Å². The molecule has 0 saturated heterocycles. The molecule has 11 heavy (non-hydrogen) atoms. The van der Waals surface area contributed by atoms with Crippen molar-refractivity contribution in [1.29, 1.82) is 0 Å². The molecule has 4 heteroatoms. The van der Waals surface area contributed by atoms with Crippen LogP contribution in [0.1, 0.15) is 6.92 Å². The molecule has 1 unspecified atom stereocenters. The number of aromatic nitrogens is 2. The van der Waals surface area contributed by atoms with Gasteiger partial charge in [-0.25, -0.2) is 4.98 Å². The molecule has 0 fully saturated rings. The van der Waals surface area contributed by atoms with Gasteiger partial charge in [0.15, 0.2) is 0 Å². The summed E-state index contributed by atoms with van der Waals surface area (Å²) in [5.41, 5.74) is 0. The number of aliphatic hydroxyl groups is 1. The third-order valence-electron chi connectivity index (χ3n) is 1.37. The Hall–Kier alpha value is -0.870. The van der Waals surface area contributed by atoms with Gasteiger partial charge in [-0.3, -0.25) is 5.32 Å². The van der Waals surface area contributed by atoms with Crippen LogP contribution in [0.4, 0.5) is 0 Å². The van der Waals surface area contributed by atoms with E-state index in [-0.39, 0.29) is 0 Å². The average molecular weight is 155 g/mol. The number of hydrogen-bond acceptors (Lipinski definition) is 3. The summed E-state index contributed by atoms with van der Waals surface area (Å²) in [6, 6.07) is 0. The Bertz CT molecular complexity index is 184. The lowest BCUT2D eigenvalue weighted by atomic mass is 10.5. The van der Waals surface area contributed by atoms with E-state index in [9.17, 15) is 0 Å². The molecule has 0 spiro atoms. The Morgan fingerprint density at radius 3 is 3.09 bits per heavy atom. The van der Waals surface area contributed by atoms with Crippen molar-refractivity contribution in [2.45, 2.75) is 19.7 Å². The molecule has 0 aliphatic carbocycles. The van der Waals surface area contributed by atoms with Crippen LogP contribution in [0.2, 0.25) is 0 Å². The summed E-state index contributed by atoms with van der Waals surface area (Å²) in [5.74, 6) is 0. The van der Waals surface area contributed by atoms with Crippen LogP contribution in [0.3, 0.4) is 0 Å². The minimum atomic E-state index is -0.432. The van der Waals surface area contributed by atoms with E-state index in [0.717, 1.165) is 13.1 Å². The highest BCUT2D eigenvalue weighted by Gasteiger charge is 1.92. The fraction of sp³-hybridized carbons (Fsp3) is 0.571. The van der Waals surface area contributed by atoms with E-state index in [0.29, 0.717) is 0 Å². The molecule has 0 radical (unpaired) electrons. The first-order chi connectivity index (χ1) is 5.29. The van der Waals surface area contributed by atoms with Gasteiger partial charge in [0.05, 0.1) is 6.33 Å². The fourth-order valence-electron chi connectivity index (χ4n) is 0.822. The number of hydrogen-bond donors (Lipinski definition) is 2. The minimum absolute atomic E-state index is 0.432. The summed E-state index contributed by atoms with van der Waals surface area (Å²) in [6.45, 7) is 3.30. The molecule has 1 aromatic heterocycles. The van der Waals surface area contributed by atoms with Gasteiger partial charge in [-0.1, -0.05) is 0 Å². The van der Waals surface area contributed by atoms with Crippen LogP contribution in [0, 0.1) is 0 Å². The zero-order valence-electron chi connectivity index (χ0n) is 6.57. The van der Waals surface area contributed by atoms with Crippen molar-refractivity contribution >= 4 is 0 Å². The highest BCUT2D eigenvalue weighted by atomic mass is 16.3. The fourth-order valence-corrected chi connectivity index (χ4v) is 0.822. The normalized spacial score (nSPS) is 13.3. The second-order valence-electron chi connectivity index (χ2n) is 2.43. The predicted molar refractivity (Wildman–Crippen MR) is 41.9 cm³/mol. The van der Waals surface area contributed by atoms with Crippen LogP contribution in [-0.2, 0) is 6.54 Å². The first-order valence-electron chi connectivity index (χ1n) is 3.66. The molecular weight excluding hydrogens is 142 g/mol. The van der Waals surface area contributed by atoms with Crippen molar-refractivity contribution in [3.63, 3.8) is 0 Å². The summed E-state index contributed by atoms with van der Waals surface area (Å²) in [7, 11) is 0. The maximum atomic E-state index is 8.85. The number of imidazole rings is 1. The first-order valence-corrected chi connectivity index (χ1v) is 3.66. The molecule has 1 rings (SSSR count). The van der Waals surface area contributed by atoms with Gasteiger partial charge in [0.1, 0.15) is 6.23 Å². The number of nitrogens with zero attached hydrogens (tertiary/aromatic N) is 2. The summed E-state index contributed by atoms with van der Waals surface area (Å²) in [6.07, 6.45) is 4.95. The van der Waals surface area contributed by atoms with Crippen LogP contribution in [-0.4, -0.2) is 27.4 Å². The Labute approximate surface area is 65.9 Å². The van der Waals surface area contributed by atoms with Crippen molar-refractivity contribution in [3.05, 3.63) is 18.7 Å². The zero-order chi connectivity index (χ0) is 8.10. The zero-order valence-corrected chi connectivity index (χ0v) is 6.57. The maximum Gasteiger partial charge on any atom is 0.102 e. The molecule has 2 N–H and O–H groups in total. The highest BCUT2D eigenvalue weighted by Crippen LogP contribution is 1.83. The van der Waals surface area contributed by atoms with Crippen molar-refractivity contribution in [2.75, 3.05) is 6.54 Å². The van der Waals surface area contributed by atoms with E-state index in [1.807, 2.05) is 10.8 Å². The summed E-state index contributed by atoms with van der Waals surface area (Å²) < 4.78 is 1.95. The maximum absolute atomic E-state index is 8.85. The van der Waals surface area contributed by atoms with Crippen molar-refractivity contribution in [1.82, 2.24) is 14.9 Å². The molecule has 62 valence electrons. The Balaban J connectivity index is 2.14. The van der Waals surface area contributed by atoms with Gasteiger partial charge in [-0.05, 0) is 6.92 Å². The van der Waals surface area contributed by atoms with Gasteiger partial charge in [0, 0.05) is 25.5 Å². The predicted octanol–water partition coefficient (Wildman–Crippen LogP) is -0.189. The Kier molecular flexibility index (Phi) is 3.07. The lowest BCUT2D eigenvalue weighted by Crippen LogP contribution is -2.28.